The Labute approximate surface area is 154 Å². The number of nitrogens with zero attached hydrogens (tertiary/aromatic N) is 2. The molecule has 1 unspecified atom stereocenters. The highest BCUT2D eigenvalue weighted by Gasteiger charge is 2.38. The van der Waals surface area contributed by atoms with Gasteiger partial charge < -0.3 is 9.84 Å². The van der Waals surface area contributed by atoms with E-state index in [0.717, 1.165) is 12.1 Å². The third-order valence-electron chi connectivity index (χ3n) is 4.04. The summed E-state index contributed by atoms with van der Waals surface area (Å²) in [5.41, 5.74) is -4.35. The fourth-order valence-corrected chi connectivity index (χ4v) is 2.80. The van der Waals surface area contributed by atoms with Gasteiger partial charge in [0.2, 0.25) is 0 Å². The first-order valence-corrected chi connectivity index (χ1v) is 7.79. The smallest absolute Gasteiger partial charge is 0.433 e. The van der Waals surface area contributed by atoms with E-state index in [4.69, 9.17) is 4.74 Å². The maximum atomic E-state index is 13.3. The summed E-state index contributed by atoms with van der Waals surface area (Å²) in [5, 5.41) is 10.4. The number of aliphatic hydroxyl groups excluding tert-OH is 1. The van der Waals surface area contributed by atoms with Crippen LogP contribution in [-0.4, -0.2) is 22.2 Å². The number of fused-ring (bicyclic) bond motifs is 1. The molecule has 148 valence electrons. The molecule has 0 aliphatic rings. The van der Waals surface area contributed by atoms with E-state index in [2.05, 4.69) is 9.97 Å². The molecule has 0 amide bonds. The molecule has 10 heteroatoms. The average Bonchev–Trinajstić information content (AvgIpc) is 2.64. The van der Waals surface area contributed by atoms with Gasteiger partial charge in [0.05, 0.1) is 18.2 Å². The highest BCUT2D eigenvalue weighted by atomic mass is 19.4. The number of hydrogen-bond donors (Lipinski definition) is 1. The van der Waals surface area contributed by atoms with Crippen molar-refractivity contribution in [3.63, 3.8) is 0 Å². The van der Waals surface area contributed by atoms with E-state index in [1.165, 1.54) is 25.4 Å². The van der Waals surface area contributed by atoms with Gasteiger partial charge in [-0.2, -0.15) is 26.3 Å². The Morgan fingerprint density at radius 2 is 1.71 bits per heavy atom. The second-order valence-corrected chi connectivity index (χ2v) is 5.79. The van der Waals surface area contributed by atoms with Crippen molar-refractivity contribution in [2.75, 3.05) is 7.11 Å². The molecule has 1 aromatic carbocycles. The number of alkyl halides is 6. The Morgan fingerprint density at radius 1 is 1.00 bits per heavy atom. The number of rotatable bonds is 3. The van der Waals surface area contributed by atoms with Crippen molar-refractivity contribution in [1.29, 1.82) is 0 Å². The zero-order valence-electron chi connectivity index (χ0n) is 14.1. The molecular formula is C18H12F6N2O2. The molecule has 3 rings (SSSR count). The number of para-hydroxylation sites is 1. The maximum absolute atomic E-state index is 13.3. The van der Waals surface area contributed by atoms with Gasteiger partial charge in [-0.25, -0.2) is 4.98 Å². The lowest BCUT2D eigenvalue weighted by Gasteiger charge is -2.19. The topological polar surface area (TPSA) is 55.2 Å². The van der Waals surface area contributed by atoms with Crippen LogP contribution in [0.2, 0.25) is 0 Å². The summed E-state index contributed by atoms with van der Waals surface area (Å²) in [4.78, 5) is 7.08. The second kappa shape index (κ2) is 6.93. The number of pyridine rings is 2. The predicted molar refractivity (Wildman–Crippen MR) is 86.6 cm³/mol. The third-order valence-corrected chi connectivity index (χ3v) is 4.04. The Kier molecular flexibility index (Phi) is 4.92. The first-order chi connectivity index (χ1) is 13.0. The van der Waals surface area contributed by atoms with Crippen molar-refractivity contribution in [2.45, 2.75) is 18.5 Å². The second-order valence-electron chi connectivity index (χ2n) is 5.79. The highest BCUT2D eigenvalue weighted by Crippen LogP contribution is 2.40. The number of aromatic nitrogens is 2. The van der Waals surface area contributed by atoms with Crippen molar-refractivity contribution >= 4 is 10.9 Å². The molecule has 0 bridgehead atoms. The van der Waals surface area contributed by atoms with Crippen LogP contribution in [0.15, 0.2) is 42.6 Å². The maximum Gasteiger partial charge on any atom is 0.433 e. The molecule has 4 nitrogen and oxygen atoms in total. The van der Waals surface area contributed by atoms with E-state index in [9.17, 15) is 31.4 Å². The molecule has 0 aliphatic carbocycles. The first-order valence-electron chi connectivity index (χ1n) is 7.79. The van der Waals surface area contributed by atoms with Crippen molar-refractivity contribution in [3.8, 4) is 5.75 Å². The van der Waals surface area contributed by atoms with Crippen molar-refractivity contribution < 1.29 is 36.2 Å². The fourth-order valence-electron chi connectivity index (χ4n) is 2.80. The molecule has 2 aromatic heterocycles. The molecule has 1 atom stereocenters. The molecule has 0 fully saturated rings. The van der Waals surface area contributed by atoms with Gasteiger partial charge in [-0.15, -0.1) is 0 Å². The Hall–Kier alpha value is -2.88. The first kappa shape index (κ1) is 19.9. The highest BCUT2D eigenvalue weighted by molar-refractivity contribution is 5.86. The molecule has 0 spiro atoms. The van der Waals surface area contributed by atoms with E-state index >= 15 is 0 Å². The van der Waals surface area contributed by atoms with Gasteiger partial charge in [0, 0.05) is 11.6 Å². The predicted octanol–water partition coefficient (Wildman–Crippen LogP) is 4.76. The Balaban J connectivity index is 2.35. The van der Waals surface area contributed by atoms with E-state index in [-0.39, 0.29) is 16.8 Å². The summed E-state index contributed by atoms with van der Waals surface area (Å²) in [6.45, 7) is 0. The van der Waals surface area contributed by atoms with Gasteiger partial charge in [0.25, 0.3) is 0 Å². The minimum absolute atomic E-state index is 0.0699. The van der Waals surface area contributed by atoms with Gasteiger partial charge in [-0.1, -0.05) is 12.1 Å². The summed E-state index contributed by atoms with van der Waals surface area (Å²) in [5.74, 6) is 0.0699. The van der Waals surface area contributed by atoms with Crippen LogP contribution in [0.5, 0.6) is 5.75 Å². The lowest BCUT2D eigenvalue weighted by molar-refractivity contribution is -0.142. The van der Waals surface area contributed by atoms with Crippen LogP contribution in [-0.2, 0) is 12.4 Å². The largest absolute Gasteiger partial charge is 0.495 e. The summed E-state index contributed by atoms with van der Waals surface area (Å²) in [6, 6.07) is 6.23. The van der Waals surface area contributed by atoms with Gasteiger partial charge >= 0.3 is 12.4 Å². The molecule has 28 heavy (non-hydrogen) atoms. The summed E-state index contributed by atoms with van der Waals surface area (Å²) in [6.07, 6.45) is -10.4. The summed E-state index contributed by atoms with van der Waals surface area (Å²) < 4.78 is 84.8. The van der Waals surface area contributed by atoms with Gasteiger partial charge in [-0.3, -0.25) is 4.98 Å². The molecule has 0 aliphatic heterocycles. The fraction of sp³-hybridized carbons (Fsp3) is 0.222. The Bertz CT molecular complexity index is 1020. The van der Waals surface area contributed by atoms with Gasteiger partial charge in [0.1, 0.15) is 23.2 Å². The minimum Gasteiger partial charge on any atom is -0.495 e. The number of aliphatic hydroxyl groups is 1. The lowest BCUT2D eigenvalue weighted by atomic mass is 9.97. The number of benzene rings is 1. The molecular weight excluding hydrogens is 390 g/mol. The van der Waals surface area contributed by atoms with Crippen LogP contribution in [0.1, 0.15) is 28.6 Å². The molecule has 2 heterocycles. The number of ether oxygens (including phenoxy) is 1. The number of halogens is 6. The van der Waals surface area contributed by atoms with Crippen LogP contribution in [0.25, 0.3) is 10.9 Å². The van der Waals surface area contributed by atoms with Crippen molar-refractivity contribution in [3.05, 3.63) is 65.1 Å². The number of methoxy groups -OCH3 is 1. The molecule has 1 N–H and O–H groups in total. The van der Waals surface area contributed by atoms with Crippen LogP contribution in [0, 0.1) is 0 Å². The quantitative estimate of drug-likeness (QED) is 0.642. The average molecular weight is 402 g/mol. The summed E-state index contributed by atoms with van der Waals surface area (Å²) >= 11 is 0. The molecule has 0 saturated heterocycles. The van der Waals surface area contributed by atoms with E-state index in [0.29, 0.717) is 12.1 Å². The normalized spacial score (nSPS) is 13.6. The minimum atomic E-state index is -5.02. The van der Waals surface area contributed by atoms with Crippen molar-refractivity contribution in [2.24, 2.45) is 0 Å². The van der Waals surface area contributed by atoms with E-state index < -0.39 is 40.8 Å². The molecule has 3 aromatic rings. The van der Waals surface area contributed by atoms with Crippen molar-refractivity contribution in [1.82, 2.24) is 9.97 Å². The zero-order chi connectivity index (χ0) is 20.7. The van der Waals surface area contributed by atoms with Crippen LogP contribution >= 0.6 is 0 Å². The molecule has 0 saturated carbocycles. The summed E-state index contributed by atoms with van der Waals surface area (Å²) in [7, 11) is 1.26. The molecule has 0 radical (unpaired) electrons. The van der Waals surface area contributed by atoms with Gasteiger partial charge in [0.15, 0.2) is 0 Å². The van der Waals surface area contributed by atoms with Gasteiger partial charge in [-0.05, 0) is 29.8 Å². The van der Waals surface area contributed by atoms with Crippen LogP contribution in [0.3, 0.4) is 0 Å². The monoisotopic (exact) mass is 402 g/mol. The van der Waals surface area contributed by atoms with Crippen LogP contribution in [0.4, 0.5) is 26.3 Å². The SMILES string of the molecule is COc1cccnc1C(O)c1cc(C(F)(F)F)nc2c(C(F)(F)F)cccc12. The Morgan fingerprint density at radius 3 is 2.32 bits per heavy atom. The van der Waals surface area contributed by atoms with Crippen LogP contribution < -0.4 is 4.74 Å². The lowest BCUT2D eigenvalue weighted by Crippen LogP contribution is -2.14. The van der Waals surface area contributed by atoms with E-state index in [1.54, 1.807) is 0 Å². The third kappa shape index (κ3) is 3.59. The number of hydrogen-bond acceptors (Lipinski definition) is 4. The van der Waals surface area contributed by atoms with E-state index in [1.807, 2.05) is 0 Å². The zero-order valence-corrected chi connectivity index (χ0v) is 14.1. The standard InChI is InChI=1S/C18H12F6N2O2/c1-28-12-6-3-7-25-15(12)16(27)10-8-13(18(22,23)24)26-14-9(10)4-2-5-11(14)17(19,20)21/h2-8,16,27H,1H3.